The highest BCUT2D eigenvalue weighted by Gasteiger charge is 2.11. The van der Waals surface area contributed by atoms with E-state index in [1.54, 1.807) is 14.2 Å². The molecule has 0 aliphatic heterocycles. The van der Waals surface area contributed by atoms with Crippen LogP contribution in [0.15, 0.2) is 0 Å². The van der Waals surface area contributed by atoms with Gasteiger partial charge in [0.15, 0.2) is 0 Å². The van der Waals surface area contributed by atoms with Crippen molar-refractivity contribution in [2.75, 3.05) is 20.8 Å². The molecule has 6 nitrogen and oxygen atoms in total. The van der Waals surface area contributed by atoms with Crippen molar-refractivity contribution in [3.05, 3.63) is 0 Å². The molecular formula is C14H28O6. The molecule has 0 saturated heterocycles. The first-order valence-corrected chi connectivity index (χ1v) is 6.81. The number of carbonyl (C=O) groups is 2. The average molecular weight is 292 g/mol. The first kappa shape index (κ1) is 21.2. The fourth-order valence-corrected chi connectivity index (χ4v) is 1.38. The predicted octanol–water partition coefficient (Wildman–Crippen LogP) is 2.25. The SMILES string of the molecule is CC(=O)O.CCC(CCC(=O)OCC(CC)OC)OC. The quantitative estimate of drug-likeness (QED) is 0.656. The zero-order valence-corrected chi connectivity index (χ0v) is 13.2. The van der Waals surface area contributed by atoms with Crippen LogP contribution in [0, 0.1) is 0 Å². The summed E-state index contributed by atoms with van der Waals surface area (Å²) in [5.41, 5.74) is 0. The summed E-state index contributed by atoms with van der Waals surface area (Å²) in [6.07, 6.45) is 3.05. The molecule has 0 aromatic rings. The molecule has 1 N–H and O–H groups in total. The van der Waals surface area contributed by atoms with Gasteiger partial charge in [0, 0.05) is 27.6 Å². The maximum absolute atomic E-state index is 11.4. The van der Waals surface area contributed by atoms with Gasteiger partial charge in [-0.15, -0.1) is 0 Å². The minimum atomic E-state index is -0.833. The van der Waals surface area contributed by atoms with Crippen molar-refractivity contribution >= 4 is 11.9 Å². The van der Waals surface area contributed by atoms with Crippen LogP contribution < -0.4 is 0 Å². The van der Waals surface area contributed by atoms with E-state index in [4.69, 9.17) is 24.1 Å². The lowest BCUT2D eigenvalue weighted by Crippen LogP contribution is -2.21. The molecule has 0 rings (SSSR count). The number of ether oxygens (including phenoxy) is 3. The van der Waals surface area contributed by atoms with Crippen molar-refractivity contribution in [2.45, 2.75) is 58.7 Å². The van der Waals surface area contributed by atoms with E-state index in [-0.39, 0.29) is 18.2 Å². The Balaban J connectivity index is 0. The second-order valence-corrected chi connectivity index (χ2v) is 4.27. The van der Waals surface area contributed by atoms with Crippen molar-refractivity contribution in [2.24, 2.45) is 0 Å². The van der Waals surface area contributed by atoms with E-state index in [2.05, 4.69) is 0 Å². The molecule has 0 heterocycles. The average Bonchev–Trinajstić information content (AvgIpc) is 2.40. The van der Waals surface area contributed by atoms with Gasteiger partial charge in [-0.05, 0) is 19.3 Å². The van der Waals surface area contributed by atoms with Crippen LogP contribution in [0.1, 0.15) is 46.5 Å². The lowest BCUT2D eigenvalue weighted by atomic mass is 10.1. The maximum atomic E-state index is 11.4. The largest absolute Gasteiger partial charge is 0.481 e. The Morgan fingerprint density at radius 2 is 1.50 bits per heavy atom. The summed E-state index contributed by atoms with van der Waals surface area (Å²) in [5, 5.41) is 7.42. The number of carboxylic acids is 1. The van der Waals surface area contributed by atoms with E-state index in [0.29, 0.717) is 13.0 Å². The summed E-state index contributed by atoms with van der Waals surface area (Å²) < 4.78 is 15.4. The van der Waals surface area contributed by atoms with Gasteiger partial charge in [0.25, 0.3) is 5.97 Å². The fraction of sp³-hybridized carbons (Fsp3) is 0.857. The Morgan fingerprint density at radius 1 is 1.05 bits per heavy atom. The van der Waals surface area contributed by atoms with E-state index < -0.39 is 5.97 Å². The van der Waals surface area contributed by atoms with E-state index in [0.717, 1.165) is 26.2 Å². The van der Waals surface area contributed by atoms with Crippen LogP contribution in [0.3, 0.4) is 0 Å². The number of aliphatic carboxylic acids is 1. The molecule has 0 radical (unpaired) electrons. The van der Waals surface area contributed by atoms with Gasteiger partial charge < -0.3 is 19.3 Å². The van der Waals surface area contributed by atoms with Crippen molar-refractivity contribution in [1.82, 2.24) is 0 Å². The number of carbonyl (C=O) groups excluding carboxylic acids is 1. The topological polar surface area (TPSA) is 82.1 Å². The summed E-state index contributed by atoms with van der Waals surface area (Å²) in [7, 11) is 3.29. The molecular weight excluding hydrogens is 264 g/mol. The second-order valence-electron chi connectivity index (χ2n) is 4.27. The molecule has 0 fully saturated rings. The molecule has 0 aliphatic carbocycles. The van der Waals surface area contributed by atoms with Gasteiger partial charge in [-0.3, -0.25) is 9.59 Å². The zero-order valence-electron chi connectivity index (χ0n) is 13.2. The van der Waals surface area contributed by atoms with Gasteiger partial charge in [0.2, 0.25) is 0 Å². The number of rotatable bonds is 9. The Labute approximate surface area is 121 Å². The normalized spacial score (nSPS) is 12.8. The number of carboxylic acid groups (broad SMARTS) is 1. The highest BCUT2D eigenvalue weighted by atomic mass is 16.6. The van der Waals surface area contributed by atoms with Crippen molar-refractivity contribution in [3.8, 4) is 0 Å². The molecule has 0 aromatic heterocycles. The Morgan fingerprint density at radius 3 is 1.85 bits per heavy atom. The summed E-state index contributed by atoms with van der Waals surface area (Å²) >= 11 is 0. The van der Waals surface area contributed by atoms with E-state index in [1.807, 2.05) is 13.8 Å². The third-order valence-corrected chi connectivity index (χ3v) is 2.68. The van der Waals surface area contributed by atoms with Crippen LogP contribution in [-0.4, -0.2) is 50.1 Å². The third kappa shape index (κ3) is 14.9. The van der Waals surface area contributed by atoms with Crippen LogP contribution in [0.25, 0.3) is 0 Å². The third-order valence-electron chi connectivity index (χ3n) is 2.68. The molecule has 2 unspecified atom stereocenters. The highest BCUT2D eigenvalue weighted by Crippen LogP contribution is 2.07. The minimum Gasteiger partial charge on any atom is -0.481 e. The molecule has 0 aromatic carbocycles. The van der Waals surface area contributed by atoms with Crippen LogP contribution in [0.2, 0.25) is 0 Å². The van der Waals surface area contributed by atoms with Gasteiger partial charge in [0.05, 0.1) is 12.2 Å². The van der Waals surface area contributed by atoms with Crippen molar-refractivity contribution in [1.29, 1.82) is 0 Å². The van der Waals surface area contributed by atoms with Gasteiger partial charge in [-0.1, -0.05) is 13.8 Å². The summed E-state index contributed by atoms with van der Waals surface area (Å²) in [6, 6.07) is 0. The number of esters is 1. The molecule has 0 spiro atoms. The Bertz CT molecular complexity index is 224. The van der Waals surface area contributed by atoms with Gasteiger partial charge in [-0.2, -0.15) is 0 Å². The number of methoxy groups -OCH3 is 2. The summed E-state index contributed by atoms with van der Waals surface area (Å²) in [6.45, 7) is 5.47. The molecule has 20 heavy (non-hydrogen) atoms. The summed E-state index contributed by atoms with van der Waals surface area (Å²) in [4.78, 5) is 20.4. The molecule has 6 heteroatoms. The molecule has 0 aliphatic rings. The van der Waals surface area contributed by atoms with Crippen LogP contribution in [-0.2, 0) is 23.8 Å². The van der Waals surface area contributed by atoms with Gasteiger partial charge >= 0.3 is 5.97 Å². The lowest BCUT2D eigenvalue weighted by molar-refractivity contribution is -0.148. The predicted molar refractivity (Wildman–Crippen MR) is 75.7 cm³/mol. The number of hydrogen-bond acceptors (Lipinski definition) is 5. The molecule has 2 atom stereocenters. The number of hydrogen-bond donors (Lipinski definition) is 1. The first-order chi connectivity index (χ1) is 9.40. The second kappa shape index (κ2) is 14.3. The monoisotopic (exact) mass is 292 g/mol. The smallest absolute Gasteiger partial charge is 0.305 e. The molecule has 0 saturated carbocycles. The molecule has 0 bridgehead atoms. The standard InChI is InChI=1S/C12H24O4.C2H4O2/c1-5-10(14-3)7-8-12(13)16-9-11(6-2)15-4;1-2(3)4/h10-11H,5-9H2,1-4H3;1H3,(H,3,4). The van der Waals surface area contributed by atoms with Crippen LogP contribution in [0.5, 0.6) is 0 Å². The summed E-state index contributed by atoms with van der Waals surface area (Å²) in [5.74, 6) is -1.01. The van der Waals surface area contributed by atoms with Crippen molar-refractivity contribution in [3.63, 3.8) is 0 Å². The Hall–Kier alpha value is -1.14. The molecule has 0 amide bonds. The highest BCUT2D eigenvalue weighted by molar-refractivity contribution is 5.69. The fourth-order valence-electron chi connectivity index (χ4n) is 1.38. The van der Waals surface area contributed by atoms with E-state index in [9.17, 15) is 4.79 Å². The zero-order chi connectivity index (χ0) is 16.0. The van der Waals surface area contributed by atoms with Gasteiger partial charge in [-0.25, -0.2) is 0 Å². The van der Waals surface area contributed by atoms with Gasteiger partial charge in [0.1, 0.15) is 6.61 Å². The maximum Gasteiger partial charge on any atom is 0.305 e. The molecule has 120 valence electrons. The first-order valence-electron chi connectivity index (χ1n) is 6.81. The minimum absolute atomic E-state index is 0.00773. The van der Waals surface area contributed by atoms with Crippen molar-refractivity contribution < 1.29 is 28.9 Å². The van der Waals surface area contributed by atoms with Crippen LogP contribution in [0.4, 0.5) is 0 Å². The van der Waals surface area contributed by atoms with Crippen LogP contribution >= 0.6 is 0 Å². The lowest BCUT2D eigenvalue weighted by Gasteiger charge is -2.14. The van der Waals surface area contributed by atoms with E-state index in [1.165, 1.54) is 0 Å². The van der Waals surface area contributed by atoms with E-state index >= 15 is 0 Å². The Kier molecular flexibility index (Phi) is 15.1.